The molecule has 0 N–H and O–H groups in total. The van der Waals surface area contributed by atoms with Crippen molar-refractivity contribution in [1.82, 2.24) is 4.90 Å². The lowest BCUT2D eigenvalue weighted by Crippen LogP contribution is -2.48. The lowest BCUT2D eigenvalue weighted by atomic mass is 10.2. The molecular formula is C18H20Cl2N2O3S. The highest BCUT2D eigenvalue weighted by atomic mass is 35.5. The predicted octanol–water partition coefficient (Wildman–Crippen LogP) is 3.81. The Labute approximate surface area is 164 Å². The topological polar surface area (TPSA) is 57.7 Å². The third-order valence-electron chi connectivity index (χ3n) is 3.84. The first-order valence-electron chi connectivity index (χ1n) is 7.84. The summed E-state index contributed by atoms with van der Waals surface area (Å²) in [6, 6.07) is 12.6. The molecule has 1 amide bonds. The quantitative estimate of drug-likeness (QED) is 0.721. The summed E-state index contributed by atoms with van der Waals surface area (Å²) < 4.78 is 25.7. The molecule has 2 aromatic rings. The molecule has 2 rings (SSSR count). The van der Waals surface area contributed by atoms with Crippen LogP contribution >= 0.6 is 23.2 Å². The van der Waals surface area contributed by atoms with Crippen molar-refractivity contribution in [2.45, 2.75) is 19.5 Å². The van der Waals surface area contributed by atoms with Crippen LogP contribution in [0.4, 0.5) is 5.69 Å². The van der Waals surface area contributed by atoms with E-state index in [0.717, 1.165) is 16.1 Å². The predicted molar refractivity (Wildman–Crippen MR) is 106 cm³/mol. The van der Waals surface area contributed by atoms with Gasteiger partial charge in [-0.15, -0.1) is 0 Å². The summed E-state index contributed by atoms with van der Waals surface area (Å²) in [5, 5.41) is 1.01. The average molecular weight is 415 g/mol. The lowest BCUT2D eigenvalue weighted by Gasteiger charge is -2.31. The molecular weight excluding hydrogens is 395 g/mol. The molecule has 0 aromatic heterocycles. The molecule has 26 heavy (non-hydrogen) atoms. The zero-order chi connectivity index (χ0) is 19.5. The van der Waals surface area contributed by atoms with Crippen LogP contribution in [0.3, 0.4) is 0 Å². The van der Waals surface area contributed by atoms with E-state index in [-0.39, 0.29) is 5.91 Å². The Kier molecular flexibility index (Phi) is 6.55. The van der Waals surface area contributed by atoms with Gasteiger partial charge in [-0.1, -0.05) is 41.4 Å². The monoisotopic (exact) mass is 414 g/mol. The molecule has 0 aliphatic rings. The van der Waals surface area contributed by atoms with Gasteiger partial charge in [-0.3, -0.25) is 9.10 Å². The molecule has 0 fully saturated rings. The molecule has 0 unspecified atom stereocenters. The molecule has 5 nitrogen and oxygen atoms in total. The Balaban J connectivity index is 2.25. The number of hydrogen-bond donors (Lipinski definition) is 0. The Morgan fingerprint density at radius 3 is 2.23 bits per heavy atom. The SMILES string of the molecule is C[C@H](C(=O)N(C)Cc1ccc(Cl)cc1)N(c1cccc(Cl)c1)S(C)(=O)=O. The molecule has 2 aromatic carbocycles. The molecule has 8 heteroatoms. The van der Waals surface area contributed by atoms with Crippen molar-refractivity contribution >= 4 is 44.8 Å². The van der Waals surface area contributed by atoms with Gasteiger partial charge in [0.2, 0.25) is 15.9 Å². The van der Waals surface area contributed by atoms with E-state index in [0.29, 0.717) is 22.3 Å². The Hall–Kier alpha value is -1.76. The van der Waals surface area contributed by atoms with Crippen molar-refractivity contribution in [2.24, 2.45) is 0 Å². The molecule has 0 aliphatic heterocycles. The van der Waals surface area contributed by atoms with Gasteiger partial charge in [-0.25, -0.2) is 8.42 Å². The minimum atomic E-state index is -3.68. The number of rotatable bonds is 6. The summed E-state index contributed by atoms with van der Waals surface area (Å²) in [4.78, 5) is 14.3. The Bertz CT molecular complexity index is 886. The molecule has 1 atom stereocenters. The molecule has 0 heterocycles. The van der Waals surface area contributed by atoms with E-state index >= 15 is 0 Å². The van der Waals surface area contributed by atoms with Crippen molar-refractivity contribution < 1.29 is 13.2 Å². The third kappa shape index (κ3) is 5.13. The number of hydrogen-bond acceptors (Lipinski definition) is 3. The van der Waals surface area contributed by atoms with Gasteiger partial charge in [0.1, 0.15) is 6.04 Å². The molecule has 0 saturated heterocycles. The summed E-state index contributed by atoms with van der Waals surface area (Å²) in [6.45, 7) is 1.90. The van der Waals surface area contributed by atoms with Gasteiger partial charge in [-0.2, -0.15) is 0 Å². The van der Waals surface area contributed by atoms with Gasteiger partial charge in [0.05, 0.1) is 11.9 Å². The second-order valence-corrected chi connectivity index (χ2v) is 8.77. The van der Waals surface area contributed by atoms with Gasteiger partial charge in [0.15, 0.2) is 0 Å². The maximum atomic E-state index is 12.8. The van der Waals surface area contributed by atoms with Gasteiger partial charge in [0.25, 0.3) is 0 Å². The maximum absolute atomic E-state index is 12.8. The number of sulfonamides is 1. The number of anilines is 1. The first-order chi connectivity index (χ1) is 12.1. The van der Waals surface area contributed by atoms with Crippen LogP contribution in [0, 0.1) is 0 Å². The number of carbonyl (C=O) groups is 1. The normalized spacial score (nSPS) is 12.5. The fraction of sp³-hybridized carbons (Fsp3) is 0.278. The minimum Gasteiger partial charge on any atom is -0.340 e. The first kappa shape index (κ1) is 20.6. The number of carbonyl (C=O) groups excluding carboxylic acids is 1. The van der Waals surface area contributed by atoms with Crippen LogP contribution < -0.4 is 4.31 Å². The first-order valence-corrected chi connectivity index (χ1v) is 10.4. The van der Waals surface area contributed by atoms with Crippen LogP contribution in [0.15, 0.2) is 48.5 Å². The Morgan fingerprint density at radius 1 is 1.08 bits per heavy atom. The van der Waals surface area contributed by atoms with E-state index in [2.05, 4.69) is 0 Å². The molecule has 0 bridgehead atoms. The number of halogens is 2. The second kappa shape index (κ2) is 8.29. The van der Waals surface area contributed by atoms with E-state index in [4.69, 9.17) is 23.2 Å². The highest BCUT2D eigenvalue weighted by molar-refractivity contribution is 7.92. The van der Waals surface area contributed by atoms with Crippen LogP contribution in [0.1, 0.15) is 12.5 Å². The molecule has 0 spiro atoms. The van der Waals surface area contributed by atoms with Crippen LogP contribution in [-0.2, 0) is 21.4 Å². The highest BCUT2D eigenvalue weighted by Gasteiger charge is 2.31. The molecule has 0 saturated carbocycles. The molecule has 140 valence electrons. The largest absolute Gasteiger partial charge is 0.340 e. The van der Waals surface area contributed by atoms with Gasteiger partial charge < -0.3 is 4.90 Å². The van der Waals surface area contributed by atoms with Gasteiger partial charge in [-0.05, 0) is 42.8 Å². The summed E-state index contributed by atoms with van der Waals surface area (Å²) >= 11 is 11.8. The van der Waals surface area contributed by atoms with E-state index in [1.807, 2.05) is 12.1 Å². The van der Waals surface area contributed by atoms with Crippen molar-refractivity contribution in [3.05, 3.63) is 64.1 Å². The van der Waals surface area contributed by atoms with Gasteiger partial charge >= 0.3 is 0 Å². The van der Waals surface area contributed by atoms with Crippen molar-refractivity contribution in [3.8, 4) is 0 Å². The van der Waals surface area contributed by atoms with E-state index in [1.165, 1.54) is 11.0 Å². The van der Waals surface area contributed by atoms with E-state index < -0.39 is 16.1 Å². The average Bonchev–Trinajstić information content (AvgIpc) is 2.55. The zero-order valence-electron chi connectivity index (χ0n) is 14.7. The summed E-state index contributed by atoms with van der Waals surface area (Å²) in [7, 11) is -2.05. The molecule has 0 radical (unpaired) electrons. The summed E-state index contributed by atoms with van der Waals surface area (Å²) in [5.41, 5.74) is 1.24. The smallest absolute Gasteiger partial charge is 0.246 e. The lowest BCUT2D eigenvalue weighted by molar-refractivity contribution is -0.131. The van der Waals surface area contributed by atoms with E-state index in [1.54, 1.807) is 44.3 Å². The third-order valence-corrected chi connectivity index (χ3v) is 5.57. The van der Waals surface area contributed by atoms with E-state index in [9.17, 15) is 13.2 Å². The van der Waals surface area contributed by atoms with Crippen molar-refractivity contribution in [1.29, 1.82) is 0 Å². The fourth-order valence-electron chi connectivity index (χ4n) is 2.68. The Morgan fingerprint density at radius 2 is 1.69 bits per heavy atom. The van der Waals surface area contributed by atoms with Crippen molar-refractivity contribution in [2.75, 3.05) is 17.6 Å². The zero-order valence-corrected chi connectivity index (χ0v) is 17.0. The van der Waals surface area contributed by atoms with Crippen LogP contribution in [-0.4, -0.2) is 38.6 Å². The number of likely N-dealkylation sites (N-methyl/N-ethyl adjacent to an activating group) is 1. The standard InChI is InChI=1S/C18H20Cl2N2O3S/c1-13(18(23)21(2)12-14-7-9-15(19)10-8-14)22(26(3,24)25)17-6-4-5-16(20)11-17/h4-11,13H,12H2,1-3H3/t13-/m1/s1. The van der Waals surface area contributed by atoms with Crippen LogP contribution in [0.5, 0.6) is 0 Å². The van der Waals surface area contributed by atoms with Crippen LogP contribution in [0.2, 0.25) is 10.0 Å². The summed E-state index contributed by atoms with van der Waals surface area (Å²) in [6.07, 6.45) is 1.07. The van der Waals surface area contributed by atoms with Crippen molar-refractivity contribution in [3.63, 3.8) is 0 Å². The molecule has 0 aliphatic carbocycles. The minimum absolute atomic E-state index is 0.328. The summed E-state index contributed by atoms with van der Waals surface area (Å²) in [5.74, 6) is -0.328. The second-order valence-electron chi connectivity index (χ2n) is 6.04. The number of benzene rings is 2. The fourth-order valence-corrected chi connectivity index (χ4v) is 4.15. The highest BCUT2D eigenvalue weighted by Crippen LogP contribution is 2.25. The van der Waals surface area contributed by atoms with Gasteiger partial charge in [0, 0.05) is 23.6 Å². The maximum Gasteiger partial charge on any atom is 0.246 e. The van der Waals surface area contributed by atoms with Crippen LogP contribution in [0.25, 0.3) is 0 Å². The number of nitrogens with zero attached hydrogens (tertiary/aromatic N) is 2. The number of amides is 1.